The number of aryl methyl sites for hydroxylation is 2. The Morgan fingerprint density at radius 1 is 1.27 bits per heavy atom. The molecule has 0 aromatic heterocycles. The third-order valence-corrected chi connectivity index (χ3v) is 3.28. The minimum absolute atomic E-state index is 0.0853. The van der Waals surface area contributed by atoms with E-state index >= 15 is 0 Å². The number of nitrogens with zero attached hydrogens (tertiary/aromatic N) is 1. The number of nitrogens with one attached hydrogen (secondary N) is 2. The highest BCUT2D eigenvalue weighted by Crippen LogP contribution is 2.18. The number of hydrogen-bond acceptors (Lipinski definition) is 3. The molecule has 3 amide bonds. The van der Waals surface area contributed by atoms with Crippen LogP contribution in [0, 0.1) is 13.8 Å². The van der Waals surface area contributed by atoms with Crippen LogP contribution in [-0.2, 0) is 4.79 Å². The molecule has 0 saturated heterocycles. The molecule has 22 heavy (non-hydrogen) atoms. The maximum atomic E-state index is 11.8. The van der Waals surface area contributed by atoms with E-state index in [0.29, 0.717) is 26.1 Å². The maximum absolute atomic E-state index is 11.8. The lowest BCUT2D eigenvalue weighted by Crippen LogP contribution is -2.40. The van der Waals surface area contributed by atoms with Crippen molar-refractivity contribution >= 4 is 11.9 Å². The van der Waals surface area contributed by atoms with Crippen molar-refractivity contribution in [3.8, 4) is 5.75 Å². The predicted molar refractivity (Wildman–Crippen MR) is 86.1 cm³/mol. The quantitative estimate of drug-likeness (QED) is 0.749. The van der Waals surface area contributed by atoms with Gasteiger partial charge in [-0.25, -0.2) is 4.79 Å². The van der Waals surface area contributed by atoms with E-state index in [-0.39, 0.29) is 11.9 Å². The van der Waals surface area contributed by atoms with Crippen LogP contribution in [0.5, 0.6) is 5.75 Å². The minimum Gasteiger partial charge on any atom is -0.491 e. The molecule has 1 aromatic rings. The molecule has 0 unspecified atom stereocenters. The summed E-state index contributed by atoms with van der Waals surface area (Å²) in [5, 5.41) is 5.28. The van der Waals surface area contributed by atoms with Crippen molar-refractivity contribution < 1.29 is 14.3 Å². The third-order valence-electron chi connectivity index (χ3n) is 3.28. The summed E-state index contributed by atoms with van der Waals surface area (Å²) in [4.78, 5) is 24.4. The topological polar surface area (TPSA) is 70.7 Å². The first-order valence-corrected chi connectivity index (χ1v) is 7.33. The highest BCUT2D eigenvalue weighted by Gasteiger charge is 2.09. The molecule has 1 rings (SSSR count). The summed E-state index contributed by atoms with van der Waals surface area (Å²) in [5.41, 5.74) is 2.21. The van der Waals surface area contributed by atoms with Crippen molar-refractivity contribution in [1.82, 2.24) is 15.5 Å². The number of amides is 3. The molecule has 0 aliphatic carbocycles. The molecule has 0 bridgehead atoms. The number of hydrogen-bond donors (Lipinski definition) is 2. The summed E-state index contributed by atoms with van der Waals surface area (Å²) in [5.74, 6) is 0.750. The summed E-state index contributed by atoms with van der Waals surface area (Å²) in [6, 6.07) is 5.81. The van der Waals surface area contributed by atoms with Gasteiger partial charge in [0.2, 0.25) is 5.91 Å². The molecular weight excluding hydrogens is 282 g/mol. The van der Waals surface area contributed by atoms with E-state index < -0.39 is 0 Å². The van der Waals surface area contributed by atoms with Gasteiger partial charge in [0.15, 0.2) is 0 Å². The second kappa shape index (κ2) is 8.92. The smallest absolute Gasteiger partial charge is 0.317 e. The van der Waals surface area contributed by atoms with E-state index in [0.717, 1.165) is 16.9 Å². The monoisotopic (exact) mass is 307 g/mol. The number of carbonyl (C=O) groups is 2. The van der Waals surface area contributed by atoms with Crippen molar-refractivity contribution in [3.63, 3.8) is 0 Å². The standard InChI is InChI=1S/C16H25N3O3/c1-12-5-6-13(2)14(11-12)22-10-8-18-16(21)19(4)9-7-15(20)17-3/h5-6,11H,7-10H2,1-4H3,(H,17,20)(H,18,21). The Balaban J connectivity index is 2.27. The summed E-state index contributed by atoms with van der Waals surface area (Å²) < 4.78 is 5.67. The molecular formula is C16H25N3O3. The van der Waals surface area contributed by atoms with Crippen LogP contribution < -0.4 is 15.4 Å². The van der Waals surface area contributed by atoms with Gasteiger partial charge in [-0.15, -0.1) is 0 Å². The first-order chi connectivity index (χ1) is 10.4. The van der Waals surface area contributed by atoms with Gasteiger partial charge in [0, 0.05) is 27.1 Å². The van der Waals surface area contributed by atoms with E-state index in [1.54, 1.807) is 14.1 Å². The molecule has 6 heteroatoms. The molecule has 6 nitrogen and oxygen atoms in total. The molecule has 0 fully saturated rings. The van der Waals surface area contributed by atoms with Gasteiger partial charge in [0.25, 0.3) is 0 Å². The van der Waals surface area contributed by atoms with Crippen molar-refractivity contribution in [3.05, 3.63) is 29.3 Å². The number of ether oxygens (including phenoxy) is 1. The number of urea groups is 1. The van der Waals surface area contributed by atoms with Crippen LogP contribution in [0.4, 0.5) is 4.79 Å². The van der Waals surface area contributed by atoms with Crippen LogP contribution in [0.15, 0.2) is 18.2 Å². The summed E-state index contributed by atoms with van der Waals surface area (Å²) in [6.07, 6.45) is 0.291. The number of rotatable bonds is 7. The van der Waals surface area contributed by atoms with Gasteiger partial charge in [0.1, 0.15) is 12.4 Å². The van der Waals surface area contributed by atoms with Gasteiger partial charge < -0.3 is 20.3 Å². The summed E-state index contributed by atoms with van der Waals surface area (Å²) in [6.45, 7) is 5.19. The van der Waals surface area contributed by atoms with Gasteiger partial charge in [-0.05, 0) is 31.0 Å². The Hall–Kier alpha value is -2.24. The summed E-state index contributed by atoms with van der Waals surface area (Å²) in [7, 11) is 3.23. The zero-order chi connectivity index (χ0) is 16.5. The highest BCUT2D eigenvalue weighted by atomic mass is 16.5. The molecule has 0 saturated carbocycles. The fraction of sp³-hybridized carbons (Fsp3) is 0.500. The first kappa shape index (κ1) is 17.8. The van der Waals surface area contributed by atoms with Gasteiger partial charge >= 0.3 is 6.03 Å². The van der Waals surface area contributed by atoms with Crippen LogP contribution in [0.1, 0.15) is 17.5 Å². The average Bonchev–Trinajstić information content (AvgIpc) is 2.51. The molecule has 2 N–H and O–H groups in total. The van der Waals surface area contributed by atoms with E-state index in [1.165, 1.54) is 4.90 Å². The zero-order valence-electron chi connectivity index (χ0n) is 13.7. The van der Waals surface area contributed by atoms with E-state index in [9.17, 15) is 9.59 Å². The Kier molecular flexibility index (Phi) is 7.22. The molecule has 0 aliphatic rings. The Labute approximate surface area is 131 Å². The Bertz CT molecular complexity index is 517. The van der Waals surface area contributed by atoms with Crippen LogP contribution >= 0.6 is 0 Å². The van der Waals surface area contributed by atoms with Gasteiger partial charge in [-0.2, -0.15) is 0 Å². The zero-order valence-corrected chi connectivity index (χ0v) is 13.7. The van der Waals surface area contributed by atoms with Crippen LogP contribution in [-0.4, -0.2) is 50.6 Å². The lowest BCUT2D eigenvalue weighted by atomic mass is 10.1. The van der Waals surface area contributed by atoms with E-state index in [1.807, 2.05) is 32.0 Å². The molecule has 0 spiro atoms. The first-order valence-electron chi connectivity index (χ1n) is 7.33. The van der Waals surface area contributed by atoms with Crippen molar-refractivity contribution in [2.24, 2.45) is 0 Å². The lowest BCUT2D eigenvalue weighted by molar-refractivity contribution is -0.120. The molecule has 0 heterocycles. The van der Waals surface area contributed by atoms with E-state index in [2.05, 4.69) is 10.6 Å². The molecule has 0 radical (unpaired) electrons. The van der Waals surface area contributed by atoms with Gasteiger partial charge in [-0.3, -0.25) is 4.79 Å². The third kappa shape index (κ3) is 6.03. The Morgan fingerprint density at radius 3 is 2.68 bits per heavy atom. The lowest BCUT2D eigenvalue weighted by Gasteiger charge is -2.17. The second-order valence-electron chi connectivity index (χ2n) is 5.19. The fourth-order valence-corrected chi connectivity index (χ4v) is 1.81. The molecule has 122 valence electrons. The largest absolute Gasteiger partial charge is 0.491 e. The predicted octanol–water partition coefficient (Wildman–Crippen LogP) is 1.46. The normalized spacial score (nSPS) is 10.0. The number of carbonyl (C=O) groups excluding carboxylic acids is 2. The summed E-state index contributed by atoms with van der Waals surface area (Å²) >= 11 is 0. The van der Waals surface area contributed by atoms with Crippen LogP contribution in [0.25, 0.3) is 0 Å². The highest BCUT2D eigenvalue weighted by molar-refractivity contribution is 5.77. The average molecular weight is 307 g/mol. The SMILES string of the molecule is CNC(=O)CCN(C)C(=O)NCCOc1cc(C)ccc1C. The van der Waals surface area contributed by atoms with Crippen molar-refractivity contribution in [2.75, 3.05) is 33.8 Å². The molecule has 0 atom stereocenters. The minimum atomic E-state index is -0.214. The van der Waals surface area contributed by atoms with Gasteiger partial charge in [0.05, 0.1) is 6.54 Å². The van der Waals surface area contributed by atoms with Crippen molar-refractivity contribution in [2.45, 2.75) is 20.3 Å². The van der Waals surface area contributed by atoms with E-state index in [4.69, 9.17) is 4.74 Å². The molecule has 0 aliphatic heterocycles. The van der Waals surface area contributed by atoms with Crippen LogP contribution in [0.3, 0.4) is 0 Å². The van der Waals surface area contributed by atoms with Crippen molar-refractivity contribution in [1.29, 1.82) is 0 Å². The fourth-order valence-electron chi connectivity index (χ4n) is 1.81. The number of benzene rings is 1. The maximum Gasteiger partial charge on any atom is 0.317 e. The Morgan fingerprint density at radius 2 is 2.00 bits per heavy atom. The molecule has 1 aromatic carbocycles. The van der Waals surface area contributed by atoms with Crippen LogP contribution in [0.2, 0.25) is 0 Å². The van der Waals surface area contributed by atoms with Gasteiger partial charge in [-0.1, -0.05) is 12.1 Å². The second-order valence-corrected chi connectivity index (χ2v) is 5.19.